The third kappa shape index (κ3) is 3.69. The quantitative estimate of drug-likeness (QED) is 0.828. The average Bonchev–Trinajstić information content (AvgIpc) is 2.45. The topological polar surface area (TPSA) is 21.3 Å². The van der Waals surface area contributed by atoms with E-state index in [0.717, 1.165) is 22.6 Å². The molecule has 0 bridgehead atoms. The van der Waals surface area contributed by atoms with Gasteiger partial charge in [-0.3, -0.25) is 0 Å². The first-order valence-corrected chi connectivity index (χ1v) is 6.72. The SMILES string of the molecule is C#CCOc1ccccc1CNc1ccc(C)cc1Cl. The van der Waals surface area contributed by atoms with Crippen LogP contribution in [0.2, 0.25) is 5.02 Å². The van der Waals surface area contributed by atoms with E-state index in [0.29, 0.717) is 11.6 Å². The molecule has 0 aromatic heterocycles. The van der Waals surface area contributed by atoms with Gasteiger partial charge in [-0.1, -0.05) is 41.8 Å². The number of anilines is 1. The van der Waals surface area contributed by atoms with Crippen LogP contribution in [-0.2, 0) is 6.54 Å². The van der Waals surface area contributed by atoms with E-state index in [4.69, 9.17) is 22.8 Å². The maximum Gasteiger partial charge on any atom is 0.148 e. The fourth-order valence-corrected chi connectivity index (χ4v) is 2.17. The lowest BCUT2D eigenvalue weighted by atomic mass is 10.2. The van der Waals surface area contributed by atoms with Crippen molar-refractivity contribution in [1.29, 1.82) is 0 Å². The van der Waals surface area contributed by atoms with Gasteiger partial charge in [0.15, 0.2) is 0 Å². The van der Waals surface area contributed by atoms with E-state index in [9.17, 15) is 0 Å². The monoisotopic (exact) mass is 285 g/mol. The summed E-state index contributed by atoms with van der Waals surface area (Å²) < 4.78 is 5.51. The van der Waals surface area contributed by atoms with E-state index in [1.165, 1.54) is 0 Å². The summed E-state index contributed by atoms with van der Waals surface area (Å²) in [5.74, 6) is 3.26. The molecule has 2 rings (SSSR count). The van der Waals surface area contributed by atoms with E-state index in [2.05, 4.69) is 11.2 Å². The highest BCUT2D eigenvalue weighted by Gasteiger charge is 2.04. The molecule has 0 unspecified atom stereocenters. The fraction of sp³-hybridized carbons (Fsp3) is 0.176. The van der Waals surface area contributed by atoms with Crippen LogP contribution in [0.1, 0.15) is 11.1 Å². The Balaban J connectivity index is 2.09. The van der Waals surface area contributed by atoms with E-state index in [-0.39, 0.29) is 6.61 Å². The van der Waals surface area contributed by atoms with Crippen molar-refractivity contribution >= 4 is 17.3 Å². The molecule has 2 nitrogen and oxygen atoms in total. The van der Waals surface area contributed by atoms with Gasteiger partial charge in [0, 0.05) is 12.1 Å². The lowest BCUT2D eigenvalue weighted by Crippen LogP contribution is -2.04. The number of aryl methyl sites for hydroxylation is 1. The van der Waals surface area contributed by atoms with Crippen LogP contribution < -0.4 is 10.1 Å². The predicted octanol–water partition coefficient (Wildman–Crippen LogP) is 4.27. The molecular formula is C17H16ClNO. The van der Waals surface area contributed by atoms with Gasteiger partial charge >= 0.3 is 0 Å². The lowest BCUT2D eigenvalue weighted by molar-refractivity contribution is 0.366. The highest BCUT2D eigenvalue weighted by Crippen LogP contribution is 2.25. The zero-order valence-electron chi connectivity index (χ0n) is 11.3. The molecule has 2 aromatic rings. The van der Waals surface area contributed by atoms with Crippen LogP contribution in [0, 0.1) is 19.3 Å². The zero-order valence-corrected chi connectivity index (χ0v) is 12.1. The molecule has 0 saturated carbocycles. The Hall–Kier alpha value is -2.11. The minimum Gasteiger partial charge on any atom is -0.481 e. The number of benzene rings is 2. The lowest BCUT2D eigenvalue weighted by Gasteiger charge is -2.12. The molecule has 0 aliphatic rings. The fourth-order valence-electron chi connectivity index (χ4n) is 1.86. The Labute approximate surface area is 124 Å². The number of ether oxygens (including phenoxy) is 1. The Morgan fingerprint density at radius 2 is 2.05 bits per heavy atom. The molecule has 0 aliphatic carbocycles. The maximum absolute atomic E-state index is 6.20. The van der Waals surface area contributed by atoms with Gasteiger partial charge in [-0.2, -0.15) is 0 Å². The smallest absolute Gasteiger partial charge is 0.148 e. The van der Waals surface area contributed by atoms with Crippen molar-refractivity contribution < 1.29 is 4.74 Å². The standard InChI is InChI=1S/C17H16ClNO/c1-3-10-20-17-7-5-4-6-14(17)12-19-16-9-8-13(2)11-15(16)18/h1,4-9,11,19H,10,12H2,2H3. The van der Waals surface area contributed by atoms with Crippen LogP contribution >= 0.6 is 11.6 Å². The van der Waals surface area contributed by atoms with Crippen molar-refractivity contribution in [3.8, 4) is 18.1 Å². The molecule has 20 heavy (non-hydrogen) atoms. The van der Waals surface area contributed by atoms with Crippen molar-refractivity contribution in [3.05, 3.63) is 58.6 Å². The van der Waals surface area contributed by atoms with Gasteiger partial charge in [-0.15, -0.1) is 6.42 Å². The molecule has 0 spiro atoms. The van der Waals surface area contributed by atoms with Crippen LogP contribution in [0.15, 0.2) is 42.5 Å². The van der Waals surface area contributed by atoms with Crippen LogP contribution in [-0.4, -0.2) is 6.61 Å². The molecule has 3 heteroatoms. The largest absolute Gasteiger partial charge is 0.481 e. The third-order valence-electron chi connectivity index (χ3n) is 2.88. The van der Waals surface area contributed by atoms with Crippen molar-refractivity contribution in [1.82, 2.24) is 0 Å². The van der Waals surface area contributed by atoms with E-state index < -0.39 is 0 Å². The van der Waals surface area contributed by atoms with Gasteiger partial charge in [0.2, 0.25) is 0 Å². The van der Waals surface area contributed by atoms with Gasteiger partial charge in [0.05, 0.1) is 10.7 Å². The summed E-state index contributed by atoms with van der Waals surface area (Å²) in [6.07, 6.45) is 5.22. The summed E-state index contributed by atoms with van der Waals surface area (Å²) in [5, 5.41) is 4.02. The number of rotatable bonds is 5. The van der Waals surface area contributed by atoms with E-state index in [1.54, 1.807) is 0 Å². The molecular weight excluding hydrogens is 270 g/mol. The molecule has 1 N–H and O–H groups in total. The van der Waals surface area contributed by atoms with Crippen LogP contribution in [0.5, 0.6) is 5.75 Å². The second kappa shape index (κ2) is 6.88. The van der Waals surface area contributed by atoms with Crippen molar-refractivity contribution in [2.45, 2.75) is 13.5 Å². The van der Waals surface area contributed by atoms with E-state index >= 15 is 0 Å². The van der Waals surface area contributed by atoms with Gasteiger partial charge in [0.1, 0.15) is 12.4 Å². The second-order valence-corrected chi connectivity index (χ2v) is 4.84. The van der Waals surface area contributed by atoms with Gasteiger partial charge in [-0.05, 0) is 30.7 Å². The van der Waals surface area contributed by atoms with Crippen LogP contribution in [0.3, 0.4) is 0 Å². The van der Waals surface area contributed by atoms with Gasteiger partial charge in [0.25, 0.3) is 0 Å². The number of para-hydroxylation sites is 1. The molecule has 0 atom stereocenters. The summed E-state index contributed by atoms with van der Waals surface area (Å²) in [6, 6.07) is 13.7. The van der Waals surface area contributed by atoms with Crippen molar-refractivity contribution in [2.24, 2.45) is 0 Å². The molecule has 0 saturated heterocycles. The normalized spacial score (nSPS) is 9.85. The maximum atomic E-state index is 6.20. The minimum absolute atomic E-state index is 0.266. The molecule has 0 fully saturated rings. The average molecular weight is 286 g/mol. The third-order valence-corrected chi connectivity index (χ3v) is 3.19. The first kappa shape index (κ1) is 14.3. The summed E-state index contributed by atoms with van der Waals surface area (Å²) in [4.78, 5) is 0. The van der Waals surface area contributed by atoms with Crippen LogP contribution in [0.25, 0.3) is 0 Å². The number of terminal acetylenes is 1. The predicted molar refractivity (Wildman–Crippen MR) is 84.3 cm³/mol. The second-order valence-electron chi connectivity index (χ2n) is 4.44. The molecule has 0 amide bonds. The van der Waals surface area contributed by atoms with Crippen molar-refractivity contribution in [3.63, 3.8) is 0 Å². The first-order chi connectivity index (χ1) is 9.70. The summed E-state index contributed by atoms with van der Waals surface area (Å²) >= 11 is 6.20. The number of halogens is 1. The highest BCUT2D eigenvalue weighted by atomic mass is 35.5. The molecule has 0 aliphatic heterocycles. The van der Waals surface area contributed by atoms with Crippen LogP contribution in [0.4, 0.5) is 5.69 Å². The Morgan fingerprint density at radius 3 is 2.80 bits per heavy atom. The number of hydrogen-bond donors (Lipinski definition) is 1. The number of nitrogens with one attached hydrogen (secondary N) is 1. The zero-order chi connectivity index (χ0) is 14.4. The Kier molecular flexibility index (Phi) is 4.92. The molecule has 0 heterocycles. The van der Waals surface area contributed by atoms with Crippen molar-refractivity contribution in [2.75, 3.05) is 11.9 Å². The molecule has 0 radical (unpaired) electrons. The summed E-state index contributed by atoms with van der Waals surface area (Å²) in [5.41, 5.74) is 3.08. The highest BCUT2D eigenvalue weighted by molar-refractivity contribution is 6.33. The van der Waals surface area contributed by atoms with Gasteiger partial charge < -0.3 is 10.1 Å². The molecule has 2 aromatic carbocycles. The minimum atomic E-state index is 0.266. The van der Waals surface area contributed by atoms with Gasteiger partial charge in [-0.25, -0.2) is 0 Å². The summed E-state index contributed by atoms with van der Waals surface area (Å²) in [6.45, 7) is 2.91. The molecule has 102 valence electrons. The first-order valence-electron chi connectivity index (χ1n) is 6.35. The Morgan fingerprint density at radius 1 is 1.25 bits per heavy atom. The summed E-state index contributed by atoms with van der Waals surface area (Å²) in [7, 11) is 0. The number of hydrogen-bond acceptors (Lipinski definition) is 2. The van der Waals surface area contributed by atoms with E-state index in [1.807, 2.05) is 49.4 Å². The Bertz CT molecular complexity index is 631.